The topological polar surface area (TPSA) is 76.0 Å². The Kier molecular flexibility index (Phi) is 4.66. The van der Waals surface area contributed by atoms with Crippen LogP contribution >= 0.6 is 0 Å². The van der Waals surface area contributed by atoms with E-state index in [1.807, 2.05) is 24.3 Å². The summed E-state index contributed by atoms with van der Waals surface area (Å²) in [4.78, 5) is 25.8. The Labute approximate surface area is 167 Å². The number of nitrogens with zero attached hydrogens (tertiary/aromatic N) is 1. The van der Waals surface area contributed by atoms with E-state index in [2.05, 4.69) is 0 Å². The average Bonchev–Trinajstić information content (AvgIpc) is 2.75. The maximum atomic E-state index is 13.3. The van der Waals surface area contributed by atoms with Crippen LogP contribution in [0.2, 0.25) is 0 Å². The summed E-state index contributed by atoms with van der Waals surface area (Å²) >= 11 is 0. The van der Waals surface area contributed by atoms with Crippen molar-refractivity contribution in [3.05, 3.63) is 57.9 Å². The monoisotopic (exact) mass is 395 g/mol. The van der Waals surface area contributed by atoms with E-state index in [0.29, 0.717) is 45.0 Å². The maximum absolute atomic E-state index is 13.3. The van der Waals surface area contributed by atoms with Crippen LogP contribution in [0.3, 0.4) is 0 Å². The van der Waals surface area contributed by atoms with Gasteiger partial charge in [0.15, 0.2) is 11.5 Å². The smallest absolute Gasteiger partial charge is 0.312 e. The Hall–Kier alpha value is -3.48. The summed E-state index contributed by atoms with van der Waals surface area (Å²) in [6.45, 7) is 0. The molecule has 4 rings (SSSR count). The third kappa shape index (κ3) is 2.81. The Morgan fingerprint density at radius 3 is 2.38 bits per heavy atom. The van der Waals surface area contributed by atoms with Gasteiger partial charge in [0.2, 0.25) is 5.75 Å². The lowest BCUT2D eigenvalue weighted by molar-refractivity contribution is -0.135. The lowest BCUT2D eigenvalue weighted by Gasteiger charge is -2.28. The van der Waals surface area contributed by atoms with Gasteiger partial charge in [0.05, 0.1) is 38.8 Å². The second-order valence-electron chi connectivity index (χ2n) is 6.78. The zero-order valence-corrected chi connectivity index (χ0v) is 16.6. The highest BCUT2D eigenvalue weighted by atomic mass is 16.5. The molecule has 3 aromatic rings. The summed E-state index contributed by atoms with van der Waals surface area (Å²) in [6, 6.07) is 10.9. The van der Waals surface area contributed by atoms with Crippen molar-refractivity contribution in [2.45, 2.75) is 12.3 Å². The predicted octanol–water partition coefficient (Wildman–Crippen LogP) is 3.01. The van der Waals surface area contributed by atoms with Crippen LogP contribution in [0.25, 0.3) is 10.9 Å². The number of carbonyl (C=O) groups is 1. The molecule has 0 bridgehead atoms. The van der Waals surface area contributed by atoms with Gasteiger partial charge in [0.1, 0.15) is 5.75 Å². The number of aryl methyl sites for hydroxylation is 1. The number of benzene rings is 2. The number of hydrogen-bond acceptors (Lipinski definition) is 6. The molecule has 0 saturated carbocycles. The minimum atomic E-state index is -0.538. The van der Waals surface area contributed by atoms with E-state index in [4.69, 9.17) is 18.9 Å². The molecule has 0 aliphatic carbocycles. The molecule has 1 atom stereocenters. The third-order valence-corrected chi connectivity index (χ3v) is 5.33. The molecule has 1 aliphatic rings. The molecule has 0 amide bonds. The molecule has 29 heavy (non-hydrogen) atoms. The van der Waals surface area contributed by atoms with E-state index < -0.39 is 11.9 Å². The van der Waals surface area contributed by atoms with Crippen LogP contribution in [-0.2, 0) is 11.8 Å². The molecule has 0 saturated heterocycles. The number of rotatable bonds is 4. The number of pyridine rings is 1. The minimum Gasteiger partial charge on any atom is -0.493 e. The molecule has 0 fully saturated rings. The summed E-state index contributed by atoms with van der Waals surface area (Å²) in [5.41, 5.74) is 1.57. The lowest BCUT2D eigenvalue weighted by atomic mass is 9.85. The van der Waals surface area contributed by atoms with Crippen LogP contribution in [0.15, 0.2) is 41.2 Å². The van der Waals surface area contributed by atoms with E-state index in [1.54, 1.807) is 23.7 Å². The molecule has 7 nitrogen and oxygen atoms in total. The van der Waals surface area contributed by atoms with E-state index >= 15 is 0 Å². The normalized spacial score (nSPS) is 15.6. The Bertz CT molecular complexity index is 1180. The zero-order valence-electron chi connectivity index (χ0n) is 16.6. The molecule has 1 aliphatic heterocycles. The first kappa shape index (κ1) is 18.9. The highest BCUT2D eigenvalue weighted by molar-refractivity contribution is 5.92. The van der Waals surface area contributed by atoms with Crippen molar-refractivity contribution in [1.82, 2.24) is 4.57 Å². The van der Waals surface area contributed by atoms with Crippen LogP contribution in [0.1, 0.15) is 23.5 Å². The number of fused-ring (bicyclic) bond motifs is 3. The molecule has 0 N–H and O–H groups in total. The Morgan fingerprint density at radius 1 is 0.966 bits per heavy atom. The number of ether oxygens (including phenoxy) is 4. The number of methoxy groups -OCH3 is 3. The first-order valence-electron chi connectivity index (χ1n) is 9.13. The summed E-state index contributed by atoms with van der Waals surface area (Å²) < 4.78 is 23.6. The first-order valence-corrected chi connectivity index (χ1v) is 9.13. The fourth-order valence-corrected chi connectivity index (χ4v) is 4.00. The standard InChI is InChI=1S/C22H21NO6/c1-23-15-8-6-5-7-13(15)19-18(22(23)25)14(11-17(24)29-19)12-9-10-16(26-2)21(28-4)20(12)27-3/h5-10,14H,11H2,1-4H3. The molecule has 150 valence electrons. The molecule has 7 heteroatoms. The molecular formula is C22H21NO6. The van der Waals surface area contributed by atoms with Gasteiger partial charge in [-0.15, -0.1) is 0 Å². The highest BCUT2D eigenvalue weighted by Gasteiger charge is 2.36. The minimum absolute atomic E-state index is 0.0203. The van der Waals surface area contributed by atoms with E-state index in [9.17, 15) is 9.59 Å². The Balaban J connectivity index is 2.05. The van der Waals surface area contributed by atoms with Crippen molar-refractivity contribution in [3.8, 4) is 23.0 Å². The van der Waals surface area contributed by atoms with Gasteiger partial charge in [0.25, 0.3) is 5.56 Å². The van der Waals surface area contributed by atoms with Crippen molar-refractivity contribution >= 4 is 16.9 Å². The van der Waals surface area contributed by atoms with Crippen LogP contribution < -0.4 is 24.5 Å². The number of esters is 1. The quantitative estimate of drug-likeness (QED) is 0.632. The summed E-state index contributed by atoms with van der Waals surface area (Å²) in [7, 11) is 6.28. The lowest BCUT2D eigenvalue weighted by Crippen LogP contribution is -2.31. The molecule has 0 spiro atoms. The first-order chi connectivity index (χ1) is 14.0. The van der Waals surface area contributed by atoms with Gasteiger partial charge in [-0.25, -0.2) is 0 Å². The van der Waals surface area contributed by atoms with Gasteiger partial charge in [-0.3, -0.25) is 9.59 Å². The average molecular weight is 395 g/mol. The van der Waals surface area contributed by atoms with E-state index in [0.717, 1.165) is 0 Å². The van der Waals surface area contributed by atoms with E-state index in [1.165, 1.54) is 21.3 Å². The van der Waals surface area contributed by atoms with E-state index in [-0.39, 0.29) is 12.0 Å². The van der Waals surface area contributed by atoms with Gasteiger partial charge < -0.3 is 23.5 Å². The molecule has 1 unspecified atom stereocenters. The number of para-hydroxylation sites is 1. The van der Waals surface area contributed by atoms with Gasteiger partial charge in [-0.1, -0.05) is 18.2 Å². The molecule has 0 radical (unpaired) electrons. The van der Waals surface area contributed by atoms with Crippen LogP contribution in [-0.4, -0.2) is 31.9 Å². The van der Waals surface area contributed by atoms with Crippen molar-refractivity contribution in [2.24, 2.45) is 7.05 Å². The summed E-state index contributed by atoms with van der Waals surface area (Å²) in [6.07, 6.45) is 0.0203. The molecular weight excluding hydrogens is 374 g/mol. The van der Waals surface area contributed by atoms with Crippen LogP contribution in [0.4, 0.5) is 0 Å². The highest BCUT2D eigenvalue weighted by Crippen LogP contribution is 2.48. The van der Waals surface area contributed by atoms with Crippen LogP contribution in [0.5, 0.6) is 23.0 Å². The molecule has 2 aromatic carbocycles. The Morgan fingerprint density at radius 2 is 1.69 bits per heavy atom. The largest absolute Gasteiger partial charge is 0.493 e. The van der Waals surface area contributed by atoms with Gasteiger partial charge in [0, 0.05) is 23.9 Å². The second kappa shape index (κ2) is 7.16. The molecule has 1 aromatic heterocycles. The maximum Gasteiger partial charge on any atom is 0.312 e. The predicted molar refractivity (Wildman–Crippen MR) is 107 cm³/mol. The van der Waals surface area contributed by atoms with Crippen molar-refractivity contribution in [1.29, 1.82) is 0 Å². The number of hydrogen-bond donors (Lipinski definition) is 0. The van der Waals surface area contributed by atoms with Crippen molar-refractivity contribution in [3.63, 3.8) is 0 Å². The third-order valence-electron chi connectivity index (χ3n) is 5.33. The van der Waals surface area contributed by atoms with Gasteiger partial charge in [-0.05, 0) is 18.2 Å². The number of carbonyl (C=O) groups excluding carboxylic acids is 1. The fraction of sp³-hybridized carbons (Fsp3) is 0.273. The van der Waals surface area contributed by atoms with Gasteiger partial charge >= 0.3 is 5.97 Å². The van der Waals surface area contributed by atoms with Crippen LogP contribution in [0, 0.1) is 0 Å². The SMILES string of the molecule is COc1ccc(C2CC(=O)Oc3c2c(=O)n(C)c2ccccc32)c(OC)c1OC. The van der Waals surface area contributed by atoms with Gasteiger partial charge in [-0.2, -0.15) is 0 Å². The zero-order chi connectivity index (χ0) is 20.7. The second-order valence-corrected chi connectivity index (χ2v) is 6.78. The molecule has 2 heterocycles. The number of aromatic nitrogens is 1. The summed E-state index contributed by atoms with van der Waals surface area (Å²) in [5.74, 6) is 0.695. The van der Waals surface area contributed by atoms with Crippen molar-refractivity contribution in [2.75, 3.05) is 21.3 Å². The fourth-order valence-electron chi connectivity index (χ4n) is 4.00. The summed E-state index contributed by atoms with van der Waals surface area (Å²) in [5, 5.41) is 0.710. The van der Waals surface area contributed by atoms with Crippen molar-refractivity contribution < 1.29 is 23.7 Å².